The average molecular weight is 238 g/mol. The van der Waals surface area contributed by atoms with Gasteiger partial charge in [0.05, 0.1) is 11.4 Å². The SMILES string of the molecule is CC1(C)CNc2cc(Cc3ccccc3)cnc21. The van der Waals surface area contributed by atoms with Gasteiger partial charge in [-0.05, 0) is 23.6 Å². The van der Waals surface area contributed by atoms with Crippen molar-refractivity contribution >= 4 is 5.69 Å². The van der Waals surface area contributed by atoms with Crippen LogP contribution in [0, 0.1) is 0 Å². The summed E-state index contributed by atoms with van der Waals surface area (Å²) >= 11 is 0. The summed E-state index contributed by atoms with van der Waals surface area (Å²) in [6.45, 7) is 5.44. The van der Waals surface area contributed by atoms with Crippen LogP contribution in [0.15, 0.2) is 42.6 Å². The van der Waals surface area contributed by atoms with Crippen molar-refractivity contribution in [1.82, 2.24) is 4.98 Å². The molecule has 1 N–H and O–H groups in total. The maximum Gasteiger partial charge on any atom is 0.0708 e. The molecule has 0 saturated carbocycles. The summed E-state index contributed by atoms with van der Waals surface area (Å²) < 4.78 is 0. The number of rotatable bonds is 2. The van der Waals surface area contributed by atoms with Gasteiger partial charge in [-0.25, -0.2) is 0 Å². The Balaban J connectivity index is 1.88. The zero-order valence-corrected chi connectivity index (χ0v) is 10.9. The zero-order valence-electron chi connectivity index (χ0n) is 10.9. The average Bonchev–Trinajstić information content (AvgIpc) is 2.66. The minimum absolute atomic E-state index is 0.153. The lowest BCUT2D eigenvalue weighted by atomic mass is 9.91. The van der Waals surface area contributed by atoms with Crippen molar-refractivity contribution in [3.8, 4) is 0 Å². The van der Waals surface area contributed by atoms with Gasteiger partial charge in [-0.3, -0.25) is 4.98 Å². The minimum Gasteiger partial charge on any atom is -0.383 e. The van der Waals surface area contributed by atoms with Crippen molar-refractivity contribution in [1.29, 1.82) is 0 Å². The van der Waals surface area contributed by atoms with E-state index in [1.807, 2.05) is 6.20 Å². The Labute approximate surface area is 108 Å². The number of aromatic nitrogens is 1. The Morgan fingerprint density at radius 3 is 2.72 bits per heavy atom. The summed E-state index contributed by atoms with van der Waals surface area (Å²) in [5.74, 6) is 0. The first-order chi connectivity index (χ1) is 8.65. The molecule has 0 saturated heterocycles. The van der Waals surface area contributed by atoms with Crippen molar-refractivity contribution in [2.24, 2.45) is 0 Å². The predicted molar refractivity (Wildman–Crippen MR) is 75.0 cm³/mol. The molecule has 1 aromatic heterocycles. The van der Waals surface area contributed by atoms with Gasteiger partial charge >= 0.3 is 0 Å². The number of pyridine rings is 1. The molecule has 2 aromatic rings. The third-order valence-electron chi connectivity index (χ3n) is 3.56. The molecule has 92 valence electrons. The van der Waals surface area contributed by atoms with Gasteiger partial charge in [0.15, 0.2) is 0 Å². The number of benzene rings is 1. The molecule has 0 fully saturated rings. The Morgan fingerprint density at radius 2 is 1.94 bits per heavy atom. The zero-order chi connectivity index (χ0) is 12.6. The molecule has 0 unspecified atom stereocenters. The lowest BCUT2D eigenvalue weighted by Gasteiger charge is -2.15. The Hall–Kier alpha value is -1.83. The minimum atomic E-state index is 0.153. The molecule has 0 atom stereocenters. The largest absolute Gasteiger partial charge is 0.383 e. The van der Waals surface area contributed by atoms with E-state index in [0.29, 0.717) is 0 Å². The molecule has 1 aromatic carbocycles. The fourth-order valence-corrected chi connectivity index (χ4v) is 2.51. The molecule has 3 rings (SSSR count). The van der Waals surface area contributed by atoms with E-state index in [0.717, 1.165) is 13.0 Å². The summed E-state index contributed by atoms with van der Waals surface area (Å²) in [5.41, 5.74) is 5.15. The fraction of sp³-hybridized carbons (Fsp3) is 0.312. The maximum absolute atomic E-state index is 4.65. The molecule has 0 spiro atoms. The molecule has 18 heavy (non-hydrogen) atoms. The summed E-state index contributed by atoms with van der Waals surface area (Å²) in [6.07, 6.45) is 2.96. The third kappa shape index (κ3) is 1.99. The van der Waals surface area contributed by atoms with Crippen LogP contribution in [-0.4, -0.2) is 11.5 Å². The van der Waals surface area contributed by atoms with Gasteiger partial charge in [-0.1, -0.05) is 44.2 Å². The molecule has 2 nitrogen and oxygen atoms in total. The van der Waals surface area contributed by atoms with E-state index >= 15 is 0 Å². The van der Waals surface area contributed by atoms with E-state index in [4.69, 9.17) is 0 Å². The van der Waals surface area contributed by atoms with E-state index in [-0.39, 0.29) is 5.41 Å². The molecule has 0 amide bonds. The number of nitrogens with zero attached hydrogens (tertiary/aromatic N) is 1. The fourth-order valence-electron chi connectivity index (χ4n) is 2.51. The number of fused-ring (bicyclic) bond motifs is 1. The summed E-state index contributed by atoms with van der Waals surface area (Å²) in [7, 11) is 0. The van der Waals surface area contributed by atoms with Crippen LogP contribution in [0.25, 0.3) is 0 Å². The molecule has 1 aliphatic rings. The second kappa shape index (κ2) is 4.13. The van der Waals surface area contributed by atoms with Crippen LogP contribution in [0.3, 0.4) is 0 Å². The second-order valence-electron chi connectivity index (χ2n) is 5.64. The molecular formula is C16H18N2. The highest BCUT2D eigenvalue weighted by atomic mass is 15.0. The second-order valence-corrected chi connectivity index (χ2v) is 5.64. The Kier molecular flexibility index (Phi) is 2.58. The molecular weight excluding hydrogens is 220 g/mol. The Morgan fingerprint density at radius 1 is 1.17 bits per heavy atom. The van der Waals surface area contributed by atoms with Gasteiger partial charge in [0.1, 0.15) is 0 Å². The Bertz CT molecular complexity index is 559. The van der Waals surface area contributed by atoms with Crippen molar-refractivity contribution in [3.05, 3.63) is 59.4 Å². The predicted octanol–water partition coefficient (Wildman–Crippen LogP) is 3.38. The van der Waals surface area contributed by atoms with Crippen LogP contribution in [-0.2, 0) is 11.8 Å². The van der Waals surface area contributed by atoms with Crippen molar-refractivity contribution in [2.45, 2.75) is 25.7 Å². The molecule has 0 radical (unpaired) electrons. The molecule has 2 heterocycles. The van der Waals surface area contributed by atoms with Crippen LogP contribution >= 0.6 is 0 Å². The van der Waals surface area contributed by atoms with E-state index in [1.165, 1.54) is 22.5 Å². The first-order valence-corrected chi connectivity index (χ1v) is 6.42. The molecule has 0 aliphatic carbocycles. The van der Waals surface area contributed by atoms with E-state index in [2.05, 4.69) is 60.5 Å². The van der Waals surface area contributed by atoms with Crippen LogP contribution in [0.1, 0.15) is 30.7 Å². The quantitative estimate of drug-likeness (QED) is 0.867. The van der Waals surface area contributed by atoms with Gasteiger partial charge in [0.2, 0.25) is 0 Å². The van der Waals surface area contributed by atoms with Gasteiger partial charge in [-0.15, -0.1) is 0 Å². The van der Waals surface area contributed by atoms with Crippen LogP contribution in [0.5, 0.6) is 0 Å². The van der Waals surface area contributed by atoms with Crippen molar-refractivity contribution in [3.63, 3.8) is 0 Å². The number of hydrogen-bond donors (Lipinski definition) is 1. The molecule has 1 aliphatic heterocycles. The van der Waals surface area contributed by atoms with E-state index in [9.17, 15) is 0 Å². The summed E-state index contributed by atoms with van der Waals surface area (Å²) in [5, 5.41) is 3.45. The van der Waals surface area contributed by atoms with Crippen LogP contribution in [0.2, 0.25) is 0 Å². The third-order valence-corrected chi connectivity index (χ3v) is 3.56. The lowest BCUT2D eigenvalue weighted by molar-refractivity contribution is 0.568. The van der Waals surface area contributed by atoms with Crippen LogP contribution < -0.4 is 5.32 Å². The van der Waals surface area contributed by atoms with Crippen molar-refractivity contribution in [2.75, 3.05) is 11.9 Å². The van der Waals surface area contributed by atoms with Gasteiger partial charge < -0.3 is 5.32 Å². The highest BCUT2D eigenvalue weighted by Crippen LogP contribution is 2.34. The normalized spacial score (nSPS) is 16.1. The van der Waals surface area contributed by atoms with Crippen LogP contribution in [0.4, 0.5) is 5.69 Å². The molecule has 2 heteroatoms. The van der Waals surface area contributed by atoms with Gasteiger partial charge in [0.25, 0.3) is 0 Å². The monoisotopic (exact) mass is 238 g/mol. The smallest absolute Gasteiger partial charge is 0.0708 e. The standard InChI is InChI=1S/C16H18N2/c1-16(2)11-18-14-9-13(10-17-15(14)16)8-12-6-4-3-5-7-12/h3-7,9-10,18H,8,11H2,1-2H3. The number of hydrogen-bond acceptors (Lipinski definition) is 2. The summed E-state index contributed by atoms with van der Waals surface area (Å²) in [4.78, 5) is 4.65. The number of anilines is 1. The first kappa shape index (κ1) is 11.3. The summed E-state index contributed by atoms with van der Waals surface area (Å²) in [6, 6.07) is 12.8. The molecule has 0 bridgehead atoms. The maximum atomic E-state index is 4.65. The van der Waals surface area contributed by atoms with Gasteiger partial charge in [-0.2, -0.15) is 0 Å². The topological polar surface area (TPSA) is 24.9 Å². The highest BCUT2D eigenvalue weighted by molar-refractivity contribution is 5.58. The first-order valence-electron chi connectivity index (χ1n) is 6.42. The van der Waals surface area contributed by atoms with E-state index < -0.39 is 0 Å². The number of nitrogens with one attached hydrogen (secondary N) is 1. The highest BCUT2D eigenvalue weighted by Gasteiger charge is 2.31. The lowest BCUT2D eigenvalue weighted by Crippen LogP contribution is -2.19. The van der Waals surface area contributed by atoms with E-state index in [1.54, 1.807) is 0 Å². The van der Waals surface area contributed by atoms with Crippen molar-refractivity contribution < 1.29 is 0 Å². The van der Waals surface area contributed by atoms with Gasteiger partial charge in [0, 0.05) is 18.2 Å².